The lowest BCUT2D eigenvalue weighted by Gasteiger charge is -2.26. The highest BCUT2D eigenvalue weighted by Crippen LogP contribution is 2.22. The van der Waals surface area contributed by atoms with Crippen molar-refractivity contribution < 1.29 is 8.42 Å². The van der Waals surface area contributed by atoms with Crippen molar-refractivity contribution in [2.75, 3.05) is 28.3 Å². The Morgan fingerprint density at radius 2 is 2.16 bits per heavy atom. The summed E-state index contributed by atoms with van der Waals surface area (Å²) in [6.45, 7) is 5.44. The molecule has 1 aromatic heterocycles. The fraction of sp³-hybridized carbons (Fsp3) is 0.444. The van der Waals surface area contributed by atoms with Gasteiger partial charge in [-0.25, -0.2) is 13.4 Å². The Morgan fingerprint density at radius 1 is 1.32 bits per heavy atom. The van der Waals surface area contributed by atoms with Gasteiger partial charge in [0, 0.05) is 25.3 Å². The van der Waals surface area contributed by atoms with Gasteiger partial charge in [0.05, 0.1) is 11.5 Å². The van der Waals surface area contributed by atoms with Crippen LogP contribution in [0.5, 0.6) is 0 Å². The van der Waals surface area contributed by atoms with Gasteiger partial charge in [0.1, 0.15) is 5.82 Å². The monoisotopic (exact) mass is 360 g/mol. The molecule has 6 nitrogen and oxygen atoms in total. The number of benzene rings is 1. The summed E-state index contributed by atoms with van der Waals surface area (Å²) >= 11 is 0. The molecule has 2 aromatic rings. The second kappa shape index (κ2) is 7.39. The Kier molecular flexibility index (Phi) is 5.22. The molecule has 2 heterocycles. The highest BCUT2D eigenvalue weighted by atomic mass is 32.2. The first-order valence-electron chi connectivity index (χ1n) is 8.56. The van der Waals surface area contributed by atoms with Crippen molar-refractivity contribution in [3.8, 4) is 0 Å². The highest BCUT2D eigenvalue weighted by Gasteiger charge is 2.32. The van der Waals surface area contributed by atoms with E-state index in [1.807, 2.05) is 24.0 Å². The molecule has 0 spiro atoms. The molecule has 0 amide bonds. The van der Waals surface area contributed by atoms with E-state index in [0.717, 1.165) is 5.82 Å². The van der Waals surface area contributed by atoms with Crippen molar-refractivity contribution in [2.24, 2.45) is 0 Å². The molecule has 0 radical (unpaired) electrons. The van der Waals surface area contributed by atoms with Gasteiger partial charge in [0.2, 0.25) is 5.95 Å². The summed E-state index contributed by atoms with van der Waals surface area (Å²) in [5.74, 6) is 1.76. The number of hydrogen-bond acceptors (Lipinski definition) is 6. The minimum Gasteiger partial charge on any atom is -0.366 e. The van der Waals surface area contributed by atoms with Gasteiger partial charge >= 0.3 is 0 Å². The average molecular weight is 360 g/mol. The van der Waals surface area contributed by atoms with Gasteiger partial charge in [-0.3, -0.25) is 0 Å². The summed E-state index contributed by atoms with van der Waals surface area (Å²) in [5, 5.41) is 3.32. The summed E-state index contributed by atoms with van der Waals surface area (Å²) in [6, 6.07) is 10.1. The van der Waals surface area contributed by atoms with Crippen molar-refractivity contribution in [2.45, 2.75) is 32.9 Å². The van der Waals surface area contributed by atoms with Crippen LogP contribution in [0, 0.1) is 6.92 Å². The van der Waals surface area contributed by atoms with E-state index in [-0.39, 0.29) is 17.5 Å². The lowest BCUT2D eigenvalue weighted by atomic mass is 10.1. The average Bonchev–Trinajstić information content (AvgIpc) is 2.94. The molecule has 0 aliphatic carbocycles. The van der Waals surface area contributed by atoms with Gasteiger partial charge in [-0.1, -0.05) is 29.8 Å². The molecule has 3 rings (SSSR count). The third-order valence-electron chi connectivity index (χ3n) is 4.45. The zero-order chi connectivity index (χ0) is 17.9. The van der Waals surface area contributed by atoms with E-state index < -0.39 is 9.84 Å². The SMILES string of the molecule is CCN(c1nccc(NCc2cccc(C)c2)n1)C1CCS(=O)(=O)C1. The molecule has 0 bridgehead atoms. The topological polar surface area (TPSA) is 75.2 Å². The molecule has 1 aliphatic rings. The first-order valence-corrected chi connectivity index (χ1v) is 10.4. The highest BCUT2D eigenvalue weighted by molar-refractivity contribution is 7.91. The molecule has 1 fully saturated rings. The molecular formula is C18H24N4O2S. The van der Waals surface area contributed by atoms with Crippen LogP contribution in [0.3, 0.4) is 0 Å². The zero-order valence-electron chi connectivity index (χ0n) is 14.6. The van der Waals surface area contributed by atoms with E-state index in [0.29, 0.717) is 25.5 Å². The van der Waals surface area contributed by atoms with E-state index in [2.05, 4.69) is 40.4 Å². The zero-order valence-corrected chi connectivity index (χ0v) is 15.5. The first kappa shape index (κ1) is 17.7. The lowest BCUT2D eigenvalue weighted by molar-refractivity contribution is 0.599. The number of aromatic nitrogens is 2. The molecule has 1 aromatic carbocycles. The molecular weight excluding hydrogens is 336 g/mol. The maximum absolute atomic E-state index is 11.8. The Hall–Kier alpha value is -2.15. The fourth-order valence-electron chi connectivity index (χ4n) is 3.18. The molecule has 1 atom stereocenters. The van der Waals surface area contributed by atoms with Crippen LogP contribution in [0.1, 0.15) is 24.5 Å². The molecule has 7 heteroatoms. The predicted molar refractivity (Wildman–Crippen MR) is 101 cm³/mol. The van der Waals surface area contributed by atoms with Crippen LogP contribution in [0.2, 0.25) is 0 Å². The number of aryl methyl sites for hydroxylation is 1. The van der Waals surface area contributed by atoms with Gasteiger partial charge in [0.15, 0.2) is 9.84 Å². The van der Waals surface area contributed by atoms with E-state index >= 15 is 0 Å². The molecule has 134 valence electrons. The van der Waals surface area contributed by atoms with Gasteiger partial charge in [0.25, 0.3) is 0 Å². The van der Waals surface area contributed by atoms with Gasteiger partial charge in [-0.2, -0.15) is 4.98 Å². The van der Waals surface area contributed by atoms with Crippen molar-refractivity contribution in [1.29, 1.82) is 0 Å². The third-order valence-corrected chi connectivity index (χ3v) is 6.20. The second-order valence-corrected chi connectivity index (χ2v) is 8.66. The van der Waals surface area contributed by atoms with Crippen molar-refractivity contribution in [3.63, 3.8) is 0 Å². The standard InChI is InChI=1S/C18H24N4O2S/c1-3-22(16-8-10-25(23,24)13-16)18-19-9-7-17(21-18)20-12-15-6-4-5-14(2)11-15/h4-7,9,11,16H,3,8,10,12-13H2,1-2H3,(H,19,20,21). The third kappa shape index (κ3) is 4.48. The summed E-state index contributed by atoms with van der Waals surface area (Å²) in [7, 11) is -2.93. The summed E-state index contributed by atoms with van der Waals surface area (Å²) < 4.78 is 23.5. The van der Waals surface area contributed by atoms with Crippen molar-refractivity contribution >= 4 is 21.6 Å². The molecule has 25 heavy (non-hydrogen) atoms. The van der Waals surface area contributed by atoms with Crippen LogP contribution in [-0.4, -0.2) is 42.5 Å². The Balaban J connectivity index is 1.71. The first-order chi connectivity index (χ1) is 12.0. The minimum atomic E-state index is -2.93. The number of rotatable bonds is 6. The van der Waals surface area contributed by atoms with E-state index in [1.165, 1.54) is 11.1 Å². The quantitative estimate of drug-likeness (QED) is 0.853. The Morgan fingerprint density at radius 3 is 2.84 bits per heavy atom. The summed E-state index contributed by atoms with van der Waals surface area (Å²) in [6.07, 6.45) is 2.35. The molecule has 1 N–H and O–H groups in total. The number of sulfone groups is 1. The molecule has 1 saturated heterocycles. The normalized spacial score (nSPS) is 18.9. The predicted octanol–water partition coefficient (Wildman–Crippen LogP) is 2.41. The number of nitrogens with zero attached hydrogens (tertiary/aromatic N) is 3. The van der Waals surface area contributed by atoms with Crippen LogP contribution in [-0.2, 0) is 16.4 Å². The second-order valence-electron chi connectivity index (χ2n) is 6.43. The minimum absolute atomic E-state index is 0.0398. The van der Waals surface area contributed by atoms with E-state index in [4.69, 9.17) is 0 Å². The maximum Gasteiger partial charge on any atom is 0.227 e. The molecule has 0 saturated carbocycles. The Labute approximate surface area is 149 Å². The lowest BCUT2D eigenvalue weighted by Crippen LogP contribution is -2.37. The van der Waals surface area contributed by atoms with Crippen LogP contribution < -0.4 is 10.2 Å². The fourth-order valence-corrected chi connectivity index (χ4v) is 4.91. The van der Waals surface area contributed by atoms with Crippen LogP contribution in [0.15, 0.2) is 36.5 Å². The number of hydrogen-bond donors (Lipinski definition) is 1. The van der Waals surface area contributed by atoms with Gasteiger partial charge in [-0.05, 0) is 31.9 Å². The summed E-state index contributed by atoms with van der Waals surface area (Å²) in [4.78, 5) is 10.9. The van der Waals surface area contributed by atoms with Crippen LogP contribution in [0.4, 0.5) is 11.8 Å². The van der Waals surface area contributed by atoms with Gasteiger partial charge in [-0.15, -0.1) is 0 Å². The van der Waals surface area contributed by atoms with Crippen LogP contribution >= 0.6 is 0 Å². The van der Waals surface area contributed by atoms with Crippen molar-refractivity contribution in [3.05, 3.63) is 47.7 Å². The number of anilines is 2. The van der Waals surface area contributed by atoms with Crippen LogP contribution in [0.25, 0.3) is 0 Å². The number of nitrogens with one attached hydrogen (secondary N) is 1. The largest absolute Gasteiger partial charge is 0.366 e. The maximum atomic E-state index is 11.8. The molecule has 1 unspecified atom stereocenters. The summed E-state index contributed by atoms with van der Waals surface area (Å²) in [5.41, 5.74) is 2.41. The van der Waals surface area contributed by atoms with Gasteiger partial charge < -0.3 is 10.2 Å². The van der Waals surface area contributed by atoms with E-state index in [1.54, 1.807) is 6.20 Å². The molecule has 1 aliphatic heterocycles. The Bertz CT molecular complexity index is 838. The smallest absolute Gasteiger partial charge is 0.227 e. The van der Waals surface area contributed by atoms with E-state index in [9.17, 15) is 8.42 Å². The van der Waals surface area contributed by atoms with Crippen molar-refractivity contribution in [1.82, 2.24) is 9.97 Å².